The molecule has 0 amide bonds. The van der Waals surface area contributed by atoms with E-state index in [0.717, 1.165) is 29.1 Å². The fourth-order valence-corrected chi connectivity index (χ4v) is 1.13. The molecular weight excluding hydrogens is 196 g/mol. The van der Waals surface area contributed by atoms with E-state index in [0.29, 0.717) is 0 Å². The number of aliphatic imine (C=N–C) groups is 1. The third kappa shape index (κ3) is 3.97. The average molecular weight is 218 g/mol. The fourth-order valence-electron chi connectivity index (χ4n) is 1.13. The normalized spacial score (nSPS) is 10.4. The molecule has 0 radical (unpaired) electrons. The summed E-state index contributed by atoms with van der Waals surface area (Å²) in [6, 6.07) is 5.94. The maximum absolute atomic E-state index is 4.48. The van der Waals surface area contributed by atoms with Gasteiger partial charge in [0.2, 0.25) is 0 Å². The highest BCUT2D eigenvalue weighted by molar-refractivity contribution is 5.97. The van der Waals surface area contributed by atoms with Gasteiger partial charge in [0, 0.05) is 7.05 Å². The van der Waals surface area contributed by atoms with Crippen LogP contribution in [0.15, 0.2) is 29.8 Å². The van der Waals surface area contributed by atoms with Gasteiger partial charge < -0.3 is 0 Å². The van der Waals surface area contributed by atoms with Crippen molar-refractivity contribution in [1.29, 1.82) is 0 Å². The van der Waals surface area contributed by atoms with Crippen molar-refractivity contribution in [2.24, 2.45) is 4.99 Å². The maximum Gasteiger partial charge on any atom is 0.0844 e. The second kappa shape index (κ2) is 7.80. The number of pyridine rings is 1. The molecule has 0 N–H and O–H groups in total. The standard InChI is InChI=1S/C12H16N2.C2H6/c1-5-9(2)11-7-6-8-12(14-11)10(3)13-4;1-2/h6-8H,2,5H2,1,3-4H3;1-2H3. The molecule has 0 unspecified atom stereocenters. The zero-order chi connectivity index (χ0) is 12.6. The Hall–Kier alpha value is -1.44. The van der Waals surface area contributed by atoms with Crippen LogP contribution in [0.3, 0.4) is 0 Å². The Labute approximate surface area is 99.1 Å². The summed E-state index contributed by atoms with van der Waals surface area (Å²) in [6.07, 6.45) is 0.929. The van der Waals surface area contributed by atoms with E-state index in [1.165, 1.54) is 0 Å². The van der Waals surface area contributed by atoms with Crippen LogP contribution in [0.2, 0.25) is 0 Å². The van der Waals surface area contributed by atoms with Gasteiger partial charge in [-0.2, -0.15) is 0 Å². The number of hydrogen-bond acceptors (Lipinski definition) is 2. The highest BCUT2D eigenvalue weighted by atomic mass is 14.8. The largest absolute Gasteiger partial charge is 0.291 e. The molecule has 16 heavy (non-hydrogen) atoms. The highest BCUT2D eigenvalue weighted by Gasteiger charge is 2.01. The van der Waals surface area contributed by atoms with Crippen LogP contribution in [0.4, 0.5) is 0 Å². The first-order chi connectivity index (χ1) is 7.69. The fraction of sp³-hybridized carbons (Fsp3) is 0.429. The molecule has 1 rings (SSSR count). The predicted octanol–water partition coefficient (Wildman–Crippen LogP) is 3.97. The van der Waals surface area contributed by atoms with Crippen LogP contribution >= 0.6 is 0 Å². The van der Waals surface area contributed by atoms with Crippen molar-refractivity contribution in [1.82, 2.24) is 4.98 Å². The number of hydrogen-bond donors (Lipinski definition) is 0. The first-order valence-electron chi connectivity index (χ1n) is 5.78. The molecule has 2 heteroatoms. The summed E-state index contributed by atoms with van der Waals surface area (Å²) in [6.45, 7) is 12.0. The predicted molar refractivity (Wildman–Crippen MR) is 73.0 cm³/mol. The number of allylic oxidation sites excluding steroid dienone is 1. The quantitative estimate of drug-likeness (QED) is 0.705. The van der Waals surface area contributed by atoms with Gasteiger partial charge in [-0.1, -0.05) is 33.4 Å². The third-order valence-corrected chi connectivity index (χ3v) is 2.24. The summed E-state index contributed by atoms with van der Waals surface area (Å²) in [5, 5.41) is 0. The Kier molecular flexibility index (Phi) is 7.10. The van der Waals surface area contributed by atoms with Crippen LogP contribution in [0.5, 0.6) is 0 Å². The van der Waals surface area contributed by atoms with E-state index < -0.39 is 0 Å². The molecule has 0 spiro atoms. The Bertz CT molecular complexity index is 365. The molecular formula is C14H22N2. The van der Waals surface area contributed by atoms with Crippen molar-refractivity contribution in [2.45, 2.75) is 34.1 Å². The zero-order valence-electron chi connectivity index (χ0n) is 11.0. The molecule has 1 aromatic heterocycles. The van der Waals surface area contributed by atoms with Gasteiger partial charge in [0.05, 0.1) is 17.1 Å². The van der Waals surface area contributed by atoms with Crippen LogP contribution in [0.25, 0.3) is 5.57 Å². The molecule has 0 aromatic carbocycles. The Balaban J connectivity index is 0.00000106. The van der Waals surface area contributed by atoms with E-state index in [2.05, 4.69) is 23.5 Å². The molecule has 0 bridgehead atoms. The molecule has 0 aliphatic rings. The van der Waals surface area contributed by atoms with E-state index >= 15 is 0 Å². The smallest absolute Gasteiger partial charge is 0.0844 e. The molecule has 0 aliphatic carbocycles. The van der Waals surface area contributed by atoms with E-state index in [9.17, 15) is 0 Å². The van der Waals surface area contributed by atoms with Gasteiger partial charge in [-0.15, -0.1) is 0 Å². The summed E-state index contributed by atoms with van der Waals surface area (Å²) < 4.78 is 0. The Morgan fingerprint density at radius 3 is 2.38 bits per heavy atom. The molecule has 1 aromatic rings. The second-order valence-corrected chi connectivity index (χ2v) is 3.17. The lowest BCUT2D eigenvalue weighted by molar-refractivity contribution is 1.16. The first kappa shape index (κ1) is 14.6. The van der Waals surface area contributed by atoms with Gasteiger partial charge >= 0.3 is 0 Å². The molecule has 0 atom stereocenters. The van der Waals surface area contributed by atoms with Crippen LogP contribution in [0.1, 0.15) is 45.5 Å². The van der Waals surface area contributed by atoms with Crippen LogP contribution in [-0.2, 0) is 0 Å². The van der Waals surface area contributed by atoms with Crippen molar-refractivity contribution in [3.63, 3.8) is 0 Å². The third-order valence-electron chi connectivity index (χ3n) is 2.24. The Morgan fingerprint density at radius 1 is 1.31 bits per heavy atom. The van der Waals surface area contributed by atoms with E-state index in [-0.39, 0.29) is 0 Å². The molecule has 1 heterocycles. The van der Waals surface area contributed by atoms with Gasteiger partial charge in [0.1, 0.15) is 0 Å². The van der Waals surface area contributed by atoms with E-state index in [1.807, 2.05) is 39.0 Å². The minimum atomic E-state index is 0.929. The molecule has 0 saturated heterocycles. The lowest BCUT2D eigenvalue weighted by Gasteiger charge is -2.04. The summed E-state index contributed by atoms with van der Waals surface area (Å²) in [5.41, 5.74) is 3.92. The zero-order valence-corrected chi connectivity index (χ0v) is 11.0. The van der Waals surface area contributed by atoms with Gasteiger partial charge in [0.15, 0.2) is 0 Å². The van der Waals surface area contributed by atoms with Crippen LogP contribution in [0, 0.1) is 0 Å². The SMILES string of the molecule is C=C(CC)c1cccc(C(C)=NC)n1.CC. The number of aromatic nitrogens is 1. The average Bonchev–Trinajstić information content (AvgIpc) is 2.39. The minimum absolute atomic E-state index is 0.929. The summed E-state index contributed by atoms with van der Waals surface area (Å²) in [7, 11) is 1.78. The molecule has 0 fully saturated rings. The maximum atomic E-state index is 4.48. The van der Waals surface area contributed by atoms with Crippen LogP contribution in [-0.4, -0.2) is 17.7 Å². The van der Waals surface area contributed by atoms with Gasteiger partial charge in [-0.05, 0) is 31.1 Å². The second-order valence-electron chi connectivity index (χ2n) is 3.17. The molecule has 2 nitrogen and oxygen atoms in total. The Morgan fingerprint density at radius 2 is 1.88 bits per heavy atom. The first-order valence-corrected chi connectivity index (χ1v) is 5.78. The van der Waals surface area contributed by atoms with Crippen LogP contribution < -0.4 is 0 Å². The summed E-state index contributed by atoms with van der Waals surface area (Å²) >= 11 is 0. The van der Waals surface area contributed by atoms with Crippen molar-refractivity contribution in [3.8, 4) is 0 Å². The van der Waals surface area contributed by atoms with Crippen molar-refractivity contribution in [2.75, 3.05) is 7.05 Å². The lowest BCUT2D eigenvalue weighted by Crippen LogP contribution is -2.00. The van der Waals surface area contributed by atoms with E-state index in [4.69, 9.17) is 0 Å². The van der Waals surface area contributed by atoms with Crippen molar-refractivity contribution in [3.05, 3.63) is 36.2 Å². The monoisotopic (exact) mass is 218 g/mol. The molecule has 0 aliphatic heterocycles. The highest BCUT2D eigenvalue weighted by Crippen LogP contribution is 2.13. The van der Waals surface area contributed by atoms with E-state index in [1.54, 1.807) is 7.05 Å². The van der Waals surface area contributed by atoms with Gasteiger partial charge in [-0.3, -0.25) is 4.99 Å². The molecule has 0 saturated carbocycles. The van der Waals surface area contributed by atoms with Crippen molar-refractivity contribution >= 4 is 11.3 Å². The lowest BCUT2D eigenvalue weighted by atomic mass is 10.1. The van der Waals surface area contributed by atoms with Gasteiger partial charge in [0.25, 0.3) is 0 Å². The summed E-state index contributed by atoms with van der Waals surface area (Å²) in [5.74, 6) is 0. The molecule has 88 valence electrons. The van der Waals surface area contributed by atoms with Crippen molar-refractivity contribution < 1.29 is 0 Å². The summed E-state index contributed by atoms with van der Waals surface area (Å²) in [4.78, 5) is 8.59. The van der Waals surface area contributed by atoms with Gasteiger partial charge in [-0.25, -0.2) is 4.98 Å². The topological polar surface area (TPSA) is 25.2 Å². The number of rotatable bonds is 3. The number of nitrogens with zero attached hydrogens (tertiary/aromatic N) is 2. The minimum Gasteiger partial charge on any atom is -0.291 e.